The van der Waals surface area contributed by atoms with Gasteiger partial charge in [0.1, 0.15) is 18.0 Å². The third-order valence-electron chi connectivity index (χ3n) is 6.14. The van der Waals surface area contributed by atoms with Crippen molar-refractivity contribution in [2.24, 2.45) is 0 Å². The van der Waals surface area contributed by atoms with Gasteiger partial charge in [0.05, 0.1) is 24.9 Å². The predicted molar refractivity (Wildman–Crippen MR) is 120 cm³/mol. The molecule has 9 heteroatoms. The van der Waals surface area contributed by atoms with E-state index in [0.29, 0.717) is 30.6 Å². The number of methoxy groups -OCH3 is 1. The molecule has 0 aromatic heterocycles. The van der Waals surface area contributed by atoms with Crippen LogP contribution in [0.2, 0.25) is 0 Å². The van der Waals surface area contributed by atoms with Gasteiger partial charge < -0.3 is 20.3 Å². The number of fused-ring (bicyclic) bond motifs is 3. The maximum atomic E-state index is 13.2. The minimum atomic E-state index is -0.920. The number of benzene rings is 2. The van der Waals surface area contributed by atoms with Gasteiger partial charge in [-0.1, -0.05) is 24.3 Å². The summed E-state index contributed by atoms with van der Waals surface area (Å²) in [6.07, 6.45) is 0.728. The van der Waals surface area contributed by atoms with Crippen molar-refractivity contribution in [3.63, 3.8) is 0 Å². The Labute approximate surface area is 191 Å². The molecule has 4 amide bonds. The second-order valence-corrected chi connectivity index (χ2v) is 8.26. The van der Waals surface area contributed by atoms with Crippen LogP contribution < -0.4 is 20.3 Å². The van der Waals surface area contributed by atoms with Gasteiger partial charge in [-0.3, -0.25) is 24.1 Å². The average molecular weight is 450 g/mol. The number of para-hydroxylation sites is 1. The molecule has 33 heavy (non-hydrogen) atoms. The normalized spacial score (nSPS) is 19.1. The molecule has 0 bridgehead atoms. The van der Waals surface area contributed by atoms with Crippen LogP contribution in [0.4, 0.5) is 5.69 Å². The van der Waals surface area contributed by atoms with Crippen LogP contribution in [0.15, 0.2) is 48.5 Å². The van der Waals surface area contributed by atoms with Gasteiger partial charge in [-0.15, -0.1) is 0 Å². The van der Waals surface area contributed by atoms with Gasteiger partial charge >= 0.3 is 0 Å². The summed E-state index contributed by atoms with van der Waals surface area (Å²) >= 11 is 0. The first kappa shape index (κ1) is 22.3. The van der Waals surface area contributed by atoms with E-state index in [9.17, 15) is 19.2 Å². The number of nitrogens with zero attached hydrogens (tertiary/aromatic N) is 2. The highest BCUT2D eigenvalue weighted by Gasteiger charge is 2.53. The Morgan fingerprint density at radius 2 is 1.76 bits per heavy atom. The van der Waals surface area contributed by atoms with Crippen LogP contribution in [0.1, 0.15) is 35.7 Å². The van der Waals surface area contributed by atoms with E-state index in [4.69, 9.17) is 4.74 Å². The smallest absolute Gasteiger partial charge is 0.258 e. The number of anilines is 1. The van der Waals surface area contributed by atoms with E-state index in [-0.39, 0.29) is 30.8 Å². The van der Waals surface area contributed by atoms with E-state index in [0.717, 1.165) is 11.3 Å². The Bertz CT molecular complexity index is 1100. The number of carbonyl (C=O) groups is 4. The Kier molecular flexibility index (Phi) is 6.04. The van der Waals surface area contributed by atoms with Crippen molar-refractivity contribution < 1.29 is 23.9 Å². The number of ether oxygens (including phenoxy) is 1. The fourth-order valence-corrected chi connectivity index (χ4v) is 4.33. The molecule has 1 saturated heterocycles. The molecule has 2 heterocycles. The summed E-state index contributed by atoms with van der Waals surface area (Å²) in [6.45, 7) is 1.64. The lowest BCUT2D eigenvalue weighted by molar-refractivity contribution is -0.127. The first-order chi connectivity index (χ1) is 15.8. The molecule has 1 fully saturated rings. The molecule has 1 unspecified atom stereocenters. The first-order valence-corrected chi connectivity index (χ1v) is 10.7. The number of rotatable bonds is 7. The van der Waals surface area contributed by atoms with Crippen molar-refractivity contribution in [2.75, 3.05) is 25.1 Å². The Hall–Kier alpha value is -3.88. The van der Waals surface area contributed by atoms with Crippen LogP contribution in [0, 0.1) is 0 Å². The summed E-state index contributed by atoms with van der Waals surface area (Å²) in [7, 11) is 1.58. The van der Waals surface area contributed by atoms with Crippen molar-refractivity contribution in [3.05, 3.63) is 59.7 Å². The number of carbonyl (C=O) groups excluding carboxylic acids is 4. The molecule has 2 aliphatic rings. The molecule has 1 atom stereocenters. The summed E-state index contributed by atoms with van der Waals surface area (Å²) in [5.41, 5.74) is 0.931. The van der Waals surface area contributed by atoms with E-state index in [1.807, 2.05) is 12.1 Å². The molecule has 2 aliphatic heterocycles. The maximum Gasteiger partial charge on any atom is 0.258 e. The van der Waals surface area contributed by atoms with E-state index in [1.54, 1.807) is 55.3 Å². The molecular weight excluding hydrogens is 424 g/mol. The van der Waals surface area contributed by atoms with E-state index in [1.165, 1.54) is 4.90 Å². The van der Waals surface area contributed by atoms with Gasteiger partial charge in [-0.25, -0.2) is 0 Å². The topological polar surface area (TPSA) is 108 Å². The van der Waals surface area contributed by atoms with E-state index >= 15 is 0 Å². The Morgan fingerprint density at radius 3 is 2.48 bits per heavy atom. The van der Waals surface area contributed by atoms with Crippen LogP contribution in [0.5, 0.6) is 5.75 Å². The van der Waals surface area contributed by atoms with Gasteiger partial charge in [0.25, 0.3) is 5.91 Å². The second kappa shape index (κ2) is 8.93. The van der Waals surface area contributed by atoms with Crippen LogP contribution in [0.3, 0.4) is 0 Å². The fourth-order valence-electron chi connectivity index (χ4n) is 4.33. The molecule has 0 saturated carbocycles. The van der Waals surface area contributed by atoms with Gasteiger partial charge in [0, 0.05) is 13.0 Å². The number of amides is 4. The molecule has 2 N–H and O–H groups in total. The fraction of sp³-hybridized carbons (Fsp3) is 0.333. The van der Waals surface area contributed by atoms with Gasteiger partial charge in [0.2, 0.25) is 17.7 Å². The van der Waals surface area contributed by atoms with Crippen molar-refractivity contribution in [2.45, 2.75) is 32.0 Å². The SMILES string of the molecule is COc1ccc(CNC(=O)CNC(=O)CN2C(=O)c3ccccc3N3C(=O)CCC23C)cc1. The lowest BCUT2D eigenvalue weighted by Gasteiger charge is -2.48. The van der Waals surface area contributed by atoms with Crippen LogP contribution in [-0.2, 0) is 20.9 Å². The lowest BCUT2D eigenvalue weighted by atomic mass is 9.98. The minimum absolute atomic E-state index is 0.0826. The van der Waals surface area contributed by atoms with Crippen molar-refractivity contribution >= 4 is 29.3 Å². The summed E-state index contributed by atoms with van der Waals surface area (Å²) in [5.74, 6) is -0.483. The average Bonchev–Trinajstić information content (AvgIpc) is 3.14. The van der Waals surface area contributed by atoms with Crippen LogP contribution in [-0.4, -0.2) is 54.4 Å². The summed E-state index contributed by atoms with van der Waals surface area (Å²) in [6, 6.07) is 14.2. The molecule has 0 radical (unpaired) electrons. The van der Waals surface area contributed by atoms with E-state index in [2.05, 4.69) is 10.6 Å². The zero-order valence-corrected chi connectivity index (χ0v) is 18.6. The zero-order chi connectivity index (χ0) is 23.6. The maximum absolute atomic E-state index is 13.2. The third kappa shape index (κ3) is 4.26. The highest BCUT2D eigenvalue weighted by molar-refractivity contribution is 6.11. The molecule has 172 valence electrons. The number of nitrogens with one attached hydrogen (secondary N) is 2. The second-order valence-electron chi connectivity index (χ2n) is 8.26. The Balaban J connectivity index is 1.36. The zero-order valence-electron chi connectivity index (χ0n) is 18.6. The molecule has 4 rings (SSSR count). The van der Waals surface area contributed by atoms with Gasteiger partial charge in [-0.05, 0) is 43.2 Å². The quantitative estimate of drug-likeness (QED) is 0.664. The monoisotopic (exact) mass is 450 g/mol. The molecule has 9 nitrogen and oxygen atoms in total. The molecule has 2 aromatic carbocycles. The number of hydrogen-bond donors (Lipinski definition) is 2. The molecular formula is C24H26N4O5. The highest BCUT2D eigenvalue weighted by Crippen LogP contribution is 2.43. The van der Waals surface area contributed by atoms with Crippen molar-refractivity contribution in [1.82, 2.24) is 15.5 Å². The van der Waals surface area contributed by atoms with Crippen LogP contribution in [0.25, 0.3) is 0 Å². The minimum Gasteiger partial charge on any atom is -0.497 e. The largest absolute Gasteiger partial charge is 0.497 e. The van der Waals surface area contributed by atoms with Crippen molar-refractivity contribution in [3.8, 4) is 5.75 Å². The summed E-state index contributed by atoms with van der Waals surface area (Å²) in [4.78, 5) is 53.6. The molecule has 0 spiro atoms. The Morgan fingerprint density at radius 1 is 1.03 bits per heavy atom. The molecule has 2 aromatic rings. The standard InChI is InChI=1S/C24H26N4O5/c1-24-12-11-22(31)28(24)19-6-4-3-5-18(19)23(32)27(24)15-21(30)26-14-20(29)25-13-16-7-9-17(33-2)10-8-16/h3-10H,11-15H2,1-2H3,(H,25,29)(H,26,30). The van der Waals surface area contributed by atoms with Gasteiger partial charge in [-0.2, -0.15) is 0 Å². The number of hydrogen-bond acceptors (Lipinski definition) is 5. The van der Waals surface area contributed by atoms with Crippen molar-refractivity contribution in [1.29, 1.82) is 0 Å². The predicted octanol–water partition coefficient (Wildman–Crippen LogP) is 1.43. The van der Waals surface area contributed by atoms with Gasteiger partial charge in [0.15, 0.2) is 0 Å². The lowest BCUT2D eigenvalue weighted by Crippen LogP contribution is -2.64. The molecule has 0 aliphatic carbocycles. The van der Waals surface area contributed by atoms with E-state index < -0.39 is 11.6 Å². The first-order valence-electron chi connectivity index (χ1n) is 10.7. The highest BCUT2D eigenvalue weighted by atomic mass is 16.5. The summed E-state index contributed by atoms with van der Waals surface area (Å²) < 4.78 is 5.10. The summed E-state index contributed by atoms with van der Waals surface area (Å²) in [5, 5.41) is 5.31. The van der Waals surface area contributed by atoms with Crippen LogP contribution >= 0.6 is 0 Å². The third-order valence-corrected chi connectivity index (χ3v) is 6.14.